The van der Waals surface area contributed by atoms with E-state index in [1.54, 1.807) is 23.1 Å². The summed E-state index contributed by atoms with van der Waals surface area (Å²) in [6.45, 7) is 0.232. The number of carbonyl (C=O) groups excluding carboxylic acids is 2. The number of thioether (sulfide) groups is 1. The van der Waals surface area contributed by atoms with Crippen LogP contribution in [-0.2, 0) is 28.3 Å². The molecule has 1 atom stereocenters. The lowest BCUT2D eigenvalue weighted by Gasteiger charge is -2.33. The number of halogens is 3. The maximum Gasteiger partial charge on any atom is 0.243 e. The number of nitrogens with zero attached hydrogens (tertiary/aromatic N) is 1. The van der Waals surface area contributed by atoms with Crippen LogP contribution in [-0.4, -0.2) is 34.6 Å². The number of carbonyl (C=O) groups is 2. The van der Waals surface area contributed by atoms with E-state index >= 15 is 0 Å². The molecule has 1 saturated carbocycles. The minimum Gasteiger partial charge on any atom is -0.352 e. The van der Waals surface area contributed by atoms with Crippen molar-refractivity contribution in [2.24, 2.45) is 0 Å². The first-order valence-corrected chi connectivity index (χ1v) is 15.2. The summed E-state index contributed by atoms with van der Waals surface area (Å²) in [5.41, 5.74) is 2.17. The van der Waals surface area contributed by atoms with Crippen molar-refractivity contribution in [3.05, 3.63) is 105 Å². The topological polar surface area (TPSA) is 49.4 Å². The third kappa shape index (κ3) is 8.72. The maximum absolute atomic E-state index is 14.3. The lowest BCUT2D eigenvalue weighted by Crippen LogP contribution is -2.53. The summed E-state index contributed by atoms with van der Waals surface area (Å²) in [5, 5.41) is 4.13. The van der Waals surface area contributed by atoms with E-state index in [-0.39, 0.29) is 35.9 Å². The predicted molar refractivity (Wildman–Crippen MR) is 159 cm³/mol. The van der Waals surface area contributed by atoms with E-state index < -0.39 is 11.9 Å². The molecule has 0 aliphatic heterocycles. The molecule has 0 radical (unpaired) electrons. The van der Waals surface area contributed by atoms with E-state index in [2.05, 4.69) is 5.32 Å². The normalized spacial score (nSPS) is 14.5. The highest BCUT2D eigenvalue weighted by Gasteiger charge is 2.32. The van der Waals surface area contributed by atoms with Gasteiger partial charge in [0.25, 0.3) is 0 Å². The van der Waals surface area contributed by atoms with Gasteiger partial charge in [-0.05, 0) is 48.2 Å². The summed E-state index contributed by atoms with van der Waals surface area (Å²) < 4.78 is 14.3. The Morgan fingerprint density at radius 1 is 0.949 bits per heavy atom. The second-order valence-electron chi connectivity index (χ2n) is 9.89. The molecule has 0 bridgehead atoms. The molecule has 4 rings (SSSR count). The molecule has 0 saturated heterocycles. The van der Waals surface area contributed by atoms with Crippen LogP contribution in [0.3, 0.4) is 0 Å². The zero-order valence-electron chi connectivity index (χ0n) is 21.8. The minimum absolute atomic E-state index is 0.0766. The van der Waals surface area contributed by atoms with Gasteiger partial charge in [0.2, 0.25) is 11.8 Å². The smallest absolute Gasteiger partial charge is 0.243 e. The van der Waals surface area contributed by atoms with Crippen molar-refractivity contribution in [3.63, 3.8) is 0 Å². The molecule has 8 heteroatoms. The third-order valence-corrected chi connectivity index (χ3v) is 8.53. The van der Waals surface area contributed by atoms with Crippen molar-refractivity contribution in [1.29, 1.82) is 0 Å². The number of hydrogen-bond donors (Lipinski definition) is 1. The largest absolute Gasteiger partial charge is 0.352 e. The van der Waals surface area contributed by atoms with Gasteiger partial charge in [0.05, 0.1) is 5.75 Å². The fourth-order valence-corrected chi connectivity index (χ4v) is 6.39. The molecule has 1 fully saturated rings. The second-order valence-corrected chi connectivity index (χ2v) is 11.7. The summed E-state index contributed by atoms with van der Waals surface area (Å²) in [6.07, 6.45) is 5.65. The van der Waals surface area contributed by atoms with Crippen LogP contribution in [0.25, 0.3) is 0 Å². The van der Waals surface area contributed by atoms with Gasteiger partial charge in [-0.15, -0.1) is 11.8 Å². The average molecular weight is 588 g/mol. The first kappa shape index (κ1) is 29.4. The van der Waals surface area contributed by atoms with Crippen LogP contribution in [0, 0.1) is 5.82 Å². The van der Waals surface area contributed by atoms with Crippen LogP contribution in [0.15, 0.2) is 72.8 Å². The Bertz CT molecular complexity index is 1230. The summed E-state index contributed by atoms with van der Waals surface area (Å²) in [7, 11) is 0. The lowest BCUT2D eigenvalue weighted by atomic mass is 9.94. The molecule has 206 valence electrons. The molecule has 0 unspecified atom stereocenters. The first-order chi connectivity index (χ1) is 18.9. The van der Waals surface area contributed by atoms with Gasteiger partial charge in [0, 0.05) is 40.4 Å². The SMILES string of the molecule is O=C(NC1CCCCC1)[C@@H](Cc1ccccc1)N(Cc1cccc(Cl)c1)C(=O)CSCc1c(F)cccc1Cl. The quantitative estimate of drug-likeness (QED) is 0.254. The van der Waals surface area contributed by atoms with Gasteiger partial charge < -0.3 is 10.2 Å². The Balaban J connectivity index is 1.58. The van der Waals surface area contributed by atoms with Crippen LogP contribution >= 0.6 is 35.0 Å². The van der Waals surface area contributed by atoms with Crippen LogP contribution in [0.2, 0.25) is 10.0 Å². The molecular weight excluding hydrogens is 554 g/mol. The summed E-state index contributed by atoms with van der Waals surface area (Å²) >= 11 is 13.7. The highest BCUT2D eigenvalue weighted by molar-refractivity contribution is 7.99. The number of nitrogens with one attached hydrogen (secondary N) is 1. The lowest BCUT2D eigenvalue weighted by molar-refractivity contribution is -0.139. The Hall–Kier alpha value is -2.54. The number of hydrogen-bond acceptors (Lipinski definition) is 3. The van der Waals surface area contributed by atoms with Gasteiger partial charge in [-0.1, -0.05) is 91.0 Å². The zero-order valence-corrected chi connectivity index (χ0v) is 24.1. The van der Waals surface area contributed by atoms with Gasteiger partial charge in [0.1, 0.15) is 11.9 Å². The Morgan fingerprint density at radius 3 is 2.38 bits per heavy atom. The molecule has 0 heterocycles. The zero-order chi connectivity index (χ0) is 27.6. The van der Waals surface area contributed by atoms with E-state index in [9.17, 15) is 14.0 Å². The van der Waals surface area contributed by atoms with Gasteiger partial charge in [-0.25, -0.2) is 4.39 Å². The standard InChI is InChI=1S/C31H33Cl2FN2O2S/c32-24-12-7-11-23(17-24)19-36(30(37)21-39-20-26-27(33)15-8-16-28(26)34)29(18-22-9-3-1-4-10-22)31(38)35-25-13-5-2-6-14-25/h1,3-4,7-12,15-17,25,29H,2,5-6,13-14,18-21H2,(H,35,38)/t29-/m1/s1. The Kier molecular flexibility index (Phi) is 11.1. The van der Waals surface area contributed by atoms with Crippen LogP contribution in [0.4, 0.5) is 4.39 Å². The van der Waals surface area contributed by atoms with Gasteiger partial charge in [0.15, 0.2) is 0 Å². The highest BCUT2D eigenvalue weighted by atomic mass is 35.5. The van der Waals surface area contributed by atoms with Crippen molar-refractivity contribution >= 4 is 46.8 Å². The van der Waals surface area contributed by atoms with Crippen molar-refractivity contribution in [3.8, 4) is 0 Å². The summed E-state index contributed by atoms with van der Waals surface area (Å²) in [6, 6.07) is 21.0. The van der Waals surface area contributed by atoms with Crippen molar-refractivity contribution < 1.29 is 14.0 Å². The summed E-state index contributed by atoms with van der Waals surface area (Å²) in [4.78, 5) is 29.2. The monoisotopic (exact) mass is 586 g/mol. The molecule has 1 aliphatic rings. The Morgan fingerprint density at radius 2 is 1.67 bits per heavy atom. The molecule has 4 nitrogen and oxygen atoms in total. The highest BCUT2D eigenvalue weighted by Crippen LogP contribution is 2.25. The molecule has 3 aromatic rings. The molecule has 3 aromatic carbocycles. The minimum atomic E-state index is -0.710. The van der Waals surface area contributed by atoms with Crippen molar-refractivity contribution in [2.45, 2.75) is 62.9 Å². The molecule has 0 aromatic heterocycles. The van der Waals surface area contributed by atoms with E-state index in [1.165, 1.54) is 24.2 Å². The molecular formula is C31H33Cl2FN2O2S. The van der Waals surface area contributed by atoms with Gasteiger partial charge >= 0.3 is 0 Å². The second kappa shape index (κ2) is 14.7. The van der Waals surface area contributed by atoms with E-state index in [4.69, 9.17) is 23.2 Å². The van der Waals surface area contributed by atoms with Crippen LogP contribution in [0.1, 0.15) is 48.8 Å². The maximum atomic E-state index is 14.3. The molecule has 39 heavy (non-hydrogen) atoms. The number of benzene rings is 3. The van der Waals surface area contributed by atoms with Gasteiger partial charge in [-0.2, -0.15) is 0 Å². The molecule has 2 amide bonds. The number of rotatable bonds is 11. The van der Waals surface area contributed by atoms with Crippen molar-refractivity contribution in [1.82, 2.24) is 10.2 Å². The van der Waals surface area contributed by atoms with Crippen LogP contribution < -0.4 is 5.32 Å². The molecule has 1 N–H and O–H groups in total. The Labute approximate surface area is 244 Å². The van der Waals surface area contributed by atoms with Crippen molar-refractivity contribution in [2.75, 3.05) is 5.75 Å². The van der Waals surface area contributed by atoms with Gasteiger partial charge in [-0.3, -0.25) is 9.59 Å². The third-order valence-electron chi connectivity index (χ3n) is 7.00. The van der Waals surface area contributed by atoms with E-state index in [1.807, 2.05) is 48.5 Å². The predicted octanol–water partition coefficient (Wildman–Crippen LogP) is 7.45. The fourth-order valence-electron chi connectivity index (χ4n) is 4.92. The molecule has 0 spiro atoms. The summed E-state index contributed by atoms with van der Waals surface area (Å²) in [5.74, 6) is -0.421. The van der Waals surface area contributed by atoms with E-state index in [0.717, 1.165) is 36.8 Å². The first-order valence-electron chi connectivity index (χ1n) is 13.3. The fraction of sp³-hybridized carbons (Fsp3) is 0.355. The average Bonchev–Trinajstić information content (AvgIpc) is 2.93. The molecule has 1 aliphatic carbocycles. The van der Waals surface area contributed by atoms with Crippen LogP contribution in [0.5, 0.6) is 0 Å². The van der Waals surface area contributed by atoms with E-state index in [0.29, 0.717) is 22.0 Å². The number of amides is 2.